The Labute approximate surface area is 192 Å². The highest BCUT2D eigenvalue weighted by atomic mass is 32.2. The Morgan fingerprint density at radius 1 is 1.06 bits per heavy atom. The van der Waals surface area contributed by atoms with Gasteiger partial charge in [0.2, 0.25) is 15.9 Å². The number of piperazine rings is 1. The minimum Gasteiger partial charge on any atom is -0.368 e. The summed E-state index contributed by atoms with van der Waals surface area (Å²) in [6, 6.07) is 11.2. The van der Waals surface area contributed by atoms with Crippen LogP contribution in [0, 0.1) is 5.82 Å². The molecule has 1 amide bonds. The zero-order chi connectivity index (χ0) is 23.6. The number of aromatic nitrogens is 3. The molecule has 1 aliphatic heterocycles. The van der Waals surface area contributed by atoms with Crippen LogP contribution in [0.25, 0.3) is 11.0 Å². The van der Waals surface area contributed by atoms with Gasteiger partial charge in [0.15, 0.2) is 0 Å². The molecule has 0 unspecified atom stereocenters. The Bertz CT molecular complexity index is 1230. The Balaban J connectivity index is 1.29. The number of aryl methyl sites for hydroxylation is 1. The van der Waals surface area contributed by atoms with Crippen molar-refractivity contribution in [2.45, 2.75) is 24.3 Å². The Morgan fingerprint density at radius 2 is 1.76 bits per heavy atom. The standard InChI is InChI=1S/C22H27FN6O3S/c1-26(2)33(31,32)19-9-10-21-20(16-19)24-25-29(21)11-3-4-22(30)28-14-12-27(13-15-28)18-7-5-17(23)6-8-18/h5-10,16H,3-4,11-15H2,1-2H3. The Hall–Kier alpha value is -3.05. The van der Waals surface area contributed by atoms with Gasteiger partial charge in [-0.2, -0.15) is 0 Å². The van der Waals surface area contributed by atoms with Gasteiger partial charge in [0.25, 0.3) is 0 Å². The summed E-state index contributed by atoms with van der Waals surface area (Å²) in [5.74, 6) is -0.163. The van der Waals surface area contributed by atoms with Crippen molar-refractivity contribution in [2.75, 3.05) is 45.2 Å². The summed E-state index contributed by atoms with van der Waals surface area (Å²) in [7, 11) is -0.573. The fraction of sp³-hybridized carbons (Fsp3) is 0.409. The molecule has 33 heavy (non-hydrogen) atoms. The van der Waals surface area contributed by atoms with Crippen LogP contribution in [0.3, 0.4) is 0 Å². The van der Waals surface area contributed by atoms with Gasteiger partial charge in [-0.25, -0.2) is 21.8 Å². The highest BCUT2D eigenvalue weighted by Gasteiger charge is 2.22. The number of anilines is 1. The monoisotopic (exact) mass is 474 g/mol. The third-order valence-electron chi connectivity index (χ3n) is 5.85. The molecule has 1 fully saturated rings. The van der Waals surface area contributed by atoms with Gasteiger partial charge in [-0.1, -0.05) is 5.21 Å². The molecule has 0 bridgehead atoms. The predicted octanol–water partition coefficient (Wildman–Crippen LogP) is 1.95. The maximum atomic E-state index is 13.1. The van der Waals surface area contributed by atoms with Crippen LogP contribution in [0.4, 0.5) is 10.1 Å². The van der Waals surface area contributed by atoms with Gasteiger partial charge in [0, 0.05) is 58.9 Å². The molecular formula is C22H27FN6O3S. The molecule has 9 nitrogen and oxygen atoms in total. The first-order chi connectivity index (χ1) is 15.8. The molecule has 4 rings (SSSR count). The number of nitrogens with zero attached hydrogens (tertiary/aromatic N) is 6. The second-order valence-electron chi connectivity index (χ2n) is 8.20. The lowest BCUT2D eigenvalue weighted by Gasteiger charge is -2.36. The molecule has 1 saturated heterocycles. The summed E-state index contributed by atoms with van der Waals surface area (Å²) in [6.07, 6.45) is 0.998. The molecule has 1 aliphatic rings. The smallest absolute Gasteiger partial charge is 0.242 e. The molecule has 0 atom stereocenters. The molecule has 0 radical (unpaired) electrons. The number of fused-ring (bicyclic) bond motifs is 1. The second kappa shape index (κ2) is 9.44. The van der Waals surface area contributed by atoms with Gasteiger partial charge in [0.05, 0.1) is 10.4 Å². The van der Waals surface area contributed by atoms with Crippen LogP contribution in [-0.4, -0.2) is 78.8 Å². The summed E-state index contributed by atoms with van der Waals surface area (Å²) in [5, 5.41) is 8.21. The number of amides is 1. The van der Waals surface area contributed by atoms with Crippen molar-refractivity contribution in [2.24, 2.45) is 0 Å². The zero-order valence-electron chi connectivity index (χ0n) is 18.7. The second-order valence-corrected chi connectivity index (χ2v) is 10.4. The van der Waals surface area contributed by atoms with Gasteiger partial charge in [-0.05, 0) is 48.9 Å². The fourth-order valence-electron chi connectivity index (χ4n) is 3.89. The normalized spacial score (nSPS) is 14.9. The van der Waals surface area contributed by atoms with E-state index >= 15 is 0 Å². The van der Waals surface area contributed by atoms with E-state index in [1.807, 2.05) is 4.90 Å². The van der Waals surface area contributed by atoms with Gasteiger partial charge in [-0.3, -0.25) is 4.79 Å². The number of halogens is 1. The van der Waals surface area contributed by atoms with Crippen molar-refractivity contribution in [3.05, 3.63) is 48.3 Å². The summed E-state index contributed by atoms with van der Waals surface area (Å²) in [5.41, 5.74) is 2.19. The third-order valence-corrected chi connectivity index (χ3v) is 7.66. The molecule has 2 aromatic carbocycles. The zero-order valence-corrected chi connectivity index (χ0v) is 19.5. The lowest BCUT2D eigenvalue weighted by molar-refractivity contribution is -0.131. The fourth-order valence-corrected chi connectivity index (χ4v) is 4.81. The minimum atomic E-state index is -3.54. The summed E-state index contributed by atoms with van der Waals surface area (Å²) in [6.45, 7) is 3.20. The van der Waals surface area contributed by atoms with Crippen LogP contribution in [-0.2, 0) is 21.4 Å². The van der Waals surface area contributed by atoms with Crippen LogP contribution < -0.4 is 4.90 Å². The third kappa shape index (κ3) is 4.98. The summed E-state index contributed by atoms with van der Waals surface area (Å²) in [4.78, 5) is 16.8. The topological polar surface area (TPSA) is 91.6 Å². The first-order valence-corrected chi connectivity index (χ1v) is 12.2. The molecule has 0 spiro atoms. The average molecular weight is 475 g/mol. The lowest BCUT2D eigenvalue weighted by atomic mass is 10.2. The van der Waals surface area contributed by atoms with Crippen molar-refractivity contribution in [1.29, 1.82) is 0 Å². The van der Waals surface area contributed by atoms with Crippen molar-refractivity contribution >= 4 is 32.7 Å². The first-order valence-electron chi connectivity index (χ1n) is 10.8. The number of benzene rings is 2. The van der Waals surface area contributed by atoms with E-state index < -0.39 is 10.0 Å². The van der Waals surface area contributed by atoms with Crippen molar-refractivity contribution in [3.8, 4) is 0 Å². The molecular weight excluding hydrogens is 447 g/mol. The molecule has 0 saturated carbocycles. The van der Waals surface area contributed by atoms with Crippen molar-refractivity contribution < 1.29 is 17.6 Å². The van der Waals surface area contributed by atoms with E-state index in [9.17, 15) is 17.6 Å². The first kappa shape index (κ1) is 23.1. The van der Waals surface area contributed by atoms with E-state index in [2.05, 4.69) is 15.2 Å². The van der Waals surface area contributed by atoms with Gasteiger partial charge in [0.1, 0.15) is 11.3 Å². The van der Waals surface area contributed by atoms with E-state index in [0.717, 1.165) is 15.5 Å². The van der Waals surface area contributed by atoms with E-state index in [0.29, 0.717) is 51.1 Å². The largest absolute Gasteiger partial charge is 0.368 e. The molecule has 2 heterocycles. The minimum absolute atomic E-state index is 0.0949. The maximum Gasteiger partial charge on any atom is 0.242 e. The van der Waals surface area contributed by atoms with Gasteiger partial charge in [-0.15, -0.1) is 5.10 Å². The summed E-state index contributed by atoms with van der Waals surface area (Å²) < 4.78 is 40.6. The number of rotatable bonds is 7. The lowest BCUT2D eigenvalue weighted by Crippen LogP contribution is -2.48. The van der Waals surface area contributed by atoms with Crippen LogP contribution >= 0.6 is 0 Å². The highest BCUT2D eigenvalue weighted by Crippen LogP contribution is 2.20. The number of carbonyl (C=O) groups is 1. The quantitative estimate of drug-likeness (QED) is 0.520. The molecule has 176 valence electrons. The van der Waals surface area contributed by atoms with Crippen LogP contribution in [0.2, 0.25) is 0 Å². The van der Waals surface area contributed by atoms with E-state index in [4.69, 9.17) is 0 Å². The molecule has 0 aliphatic carbocycles. The predicted molar refractivity (Wildman–Crippen MR) is 123 cm³/mol. The van der Waals surface area contributed by atoms with Gasteiger partial charge < -0.3 is 9.80 Å². The number of carbonyl (C=O) groups excluding carboxylic acids is 1. The van der Waals surface area contributed by atoms with E-state index in [1.54, 1.807) is 28.9 Å². The molecule has 11 heteroatoms. The molecule has 3 aromatic rings. The van der Waals surface area contributed by atoms with Crippen LogP contribution in [0.5, 0.6) is 0 Å². The highest BCUT2D eigenvalue weighted by molar-refractivity contribution is 7.89. The summed E-state index contributed by atoms with van der Waals surface area (Å²) >= 11 is 0. The molecule has 0 N–H and O–H groups in total. The molecule has 1 aromatic heterocycles. The van der Waals surface area contributed by atoms with E-state index in [1.165, 1.54) is 32.3 Å². The van der Waals surface area contributed by atoms with Crippen LogP contribution in [0.15, 0.2) is 47.4 Å². The van der Waals surface area contributed by atoms with Gasteiger partial charge >= 0.3 is 0 Å². The maximum absolute atomic E-state index is 13.1. The van der Waals surface area contributed by atoms with Crippen molar-refractivity contribution in [1.82, 2.24) is 24.2 Å². The number of hydrogen-bond acceptors (Lipinski definition) is 6. The SMILES string of the molecule is CN(C)S(=O)(=O)c1ccc2c(c1)nnn2CCCC(=O)N1CCN(c2ccc(F)cc2)CC1. The Kier molecular flexibility index (Phi) is 6.61. The Morgan fingerprint density at radius 3 is 2.42 bits per heavy atom. The number of sulfonamides is 1. The van der Waals surface area contributed by atoms with Crippen LogP contribution in [0.1, 0.15) is 12.8 Å². The van der Waals surface area contributed by atoms with Crippen molar-refractivity contribution in [3.63, 3.8) is 0 Å². The number of hydrogen-bond donors (Lipinski definition) is 0. The average Bonchev–Trinajstić information content (AvgIpc) is 3.22. The van der Waals surface area contributed by atoms with E-state index in [-0.39, 0.29) is 16.6 Å².